The number of unbranched alkanes of at least 4 members (excludes halogenated alkanes) is 1. The maximum atomic E-state index is 12.6. The van der Waals surface area contributed by atoms with Gasteiger partial charge in [-0.1, -0.05) is 68.9 Å². The largest absolute Gasteiger partial charge is 0.382 e. The van der Waals surface area contributed by atoms with Crippen molar-refractivity contribution in [2.75, 3.05) is 26.3 Å². The Morgan fingerprint density at radius 1 is 1.09 bits per heavy atom. The van der Waals surface area contributed by atoms with E-state index in [9.17, 15) is 4.79 Å². The molecule has 2 fully saturated rings. The van der Waals surface area contributed by atoms with Gasteiger partial charge < -0.3 is 21.1 Å². The third-order valence-electron chi connectivity index (χ3n) is 8.17. The fraction of sp³-hybridized carbons (Fsp3) is 0.750. The predicted molar refractivity (Wildman–Crippen MR) is 136 cm³/mol. The number of ether oxygens (including phenoxy) is 1. The first-order chi connectivity index (χ1) is 16.2. The van der Waals surface area contributed by atoms with Gasteiger partial charge in [0.05, 0.1) is 0 Å². The number of nitrogens with zero attached hydrogens (tertiary/aromatic N) is 1. The van der Waals surface area contributed by atoms with Crippen molar-refractivity contribution in [1.82, 2.24) is 4.90 Å². The first-order valence-electron chi connectivity index (χ1n) is 13.5. The Kier molecular flexibility index (Phi) is 11.0. The lowest BCUT2D eigenvalue weighted by Gasteiger charge is -2.48. The Morgan fingerprint density at radius 3 is 2.52 bits per heavy atom. The van der Waals surface area contributed by atoms with Gasteiger partial charge in [-0.25, -0.2) is 4.79 Å². The molecule has 2 aliphatic rings. The molecule has 3 rings (SSSR count). The van der Waals surface area contributed by atoms with Crippen LogP contribution in [0.3, 0.4) is 0 Å². The number of carbonyl (C=O) groups is 1. The standard InChI is InChI=1S/C28H47N3O2/c1-2-33-19-10-9-16-25(23-14-7-4-8-15-23)26-17-11-18-31(28(30)32)27(26)24(21-29)20-22-12-5-3-6-13-22/h4,7-8,14-15,22,24-27H,2-3,5-6,9-13,16-21,29H2,1H3,(H2,30,32)/t24-,25-,26?,27?/m0/s1. The minimum Gasteiger partial charge on any atom is -0.382 e. The van der Waals surface area contributed by atoms with Gasteiger partial charge in [-0.15, -0.1) is 0 Å². The molecule has 2 unspecified atom stereocenters. The van der Waals surface area contributed by atoms with Gasteiger partial charge in [0.2, 0.25) is 0 Å². The summed E-state index contributed by atoms with van der Waals surface area (Å²) in [6.07, 6.45) is 13.3. The molecule has 186 valence electrons. The molecule has 1 aromatic rings. The highest BCUT2D eigenvalue weighted by Gasteiger charge is 2.42. The molecule has 0 bridgehead atoms. The van der Waals surface area contributed by atoms with Gasteiger partial charge in [0.25, 0.3) is 0 Å². The van der Waals surface area contributed by atoms with E-state index in [-0.39, 0.29) is 12.1 Å². The van der Waals surface area contributed by atoms with Crippen molar-refractivity contribution < 1.29 is 9.53 Å². The normalized spacial score (nSPS) is 23.9. The van der Waals surface area contributed by atoms with E-state index in [0.29, 0.717) is 24.3 Å². The molecule has 0 spiro atoms. The van der Waals surface area contributed by atoms with E-state index in [1.165, 1.54) is 37.7 Å². The first kappa shape index (κ1) is 26.0. The Labute approximate surface area is 201 Å². The van der Waals surface area contributed by atoms with E-state index in [1.807, 2.05) is 4.90 Å². The number of nitrogens with two attached hydrogens (primary N) is 2. The van der Waals surface area contributed by atoms with Crippen molar-refractivity contribution >= 4 is 6.03 Å². The quantitative estimate of drug-likeness (QED) is 0.396. The number of urea groups is 1. The van der Waals surface area contributed by atoms with Crippen LogP contribution in [0.1, 0.15) is 89.0 Å². The average molecular weight is 458 g/mol. The van der Waals surface area contributed by atoms with Crippen LogP contribution in [0.4, 0.5) is 4.79 Å². The third-order valence-corrected chi connectivity index (χ3v) is 8.17. The molecule has 1 aromatic carbocycles. The number of likely N-dealkylation sites (tertiary alicyclic amines) is 1. The van der Waals surface area contributed by atoms with Gasteiger partial charge in [0, 0.05) is 25.8 Å². The Bertz CT molecular complexity index is 677. The lowest BCUT2D eigenvalue weighted by molar-refractivity contribution is 0.0531. The molecule has 4 atom stereocenters. The molecule has 5 heteroatoms. The summed E-state index contributed by atoms with van der Waals surface area (Å²) in [6, 6.07) is 10.8. The van der Waals surface area contributed by atoms with E-state index >= 15 is 0 Å². The van der Waals surface area contributed by atoms with Gasteiger partial charge >= 0.3 is 6.03 Å². The molecule has 33 heavy (non-hydrogen) atoms. The van der Waals surface area contributed by atoms with E-state index in [4.69, 9.17) is 16.2 Å². The van der Waals surface area contributed by atoms with Crippen LogP contribution in [0.25, 0.3) is 0 Å². The fourth-order valence-electron chi connectivity index (χ4n) is 6.62. The number of piperidine rings is 1. The smallest absolute Gasteiger partial charge is 0.315 e. The summed E-state index contributed by atoms with van der Waals surface area (Å²) in [6.45, 7) is 5.06. The van der Waals surface area contributed by atoms with E-state index < -0.39 is 0 Å². The summed E-state index contributed by atoms with van der Waals surface area (Å²) in [5.41, 5.74) is 13.8. The van der Waals surface area contributed by atoms with Crippen LogP contribution in [0.5, 0.6) is 0 Å². The number of amides is 2. The van der Waals surface area contributed by atoms with Crippen LogP contribution in [0.2, 0.25) is 0 Å². The zero-order valence-corrected chi connectivity index (χ0v) is 20.8. The molecule has 0 radical (unpaired) electrons. The zero-order chi connectivity index (χ0) is 23.5. The first-order valence-corrected chi connectivity index (χ1v) is 13.5. The highest BCUT2D eigenvalue weighted by Crippen LogP contribution is 2.43. The molecule has 2 amide bonds. The van der Waals surface area contributed by atoms with Crippen LogP contribution in [0.15, 0.2) is 30.3 Å². The van der Waals surface area contributed by atoms with Gasteiger partial charge in [-0.05, 0) is 74.8 Å². The third kappa shape index (κ3) is 7.45. The zero-order valence-electron chi connectivity index (χ0n) is 20.8. The SMILES string of the molecule is CCOCCCC[C@@H](c1ccccc1)C1CCCN(C(N)=O)C1[C@H](CN)CC1CCCCC1. The maximum absolute atomic E-state index is 12.6. The number of hydrogen-bond donors (Lipinski definition) is 2. The molecule has 1 saturated heterocycles. The molecule has 1 aliphatic carbocycles. The van der Waals surface area contributed by atoms with Crippen molar-refractivity contribution in [2.45, 2.75) is 89.5 Å². The topological polar surface area (TPSA) is 81.6 Å². The number of primary amides is 1. The Morgan fingerprint density at radius 2 is 1.85 bits per heavy atom. The van der Waals surface area contributed by atoms with Crippen LogP contribution in [-0.4, -0.2) is 43.3 Å². The molecule has 1 heterocycles. The highest BCUT2D eigenvalue weighted by molar-refractivity contribution is 5.72. The minimum absolute atomic E-state index is 0.139. The van der Waals surface area contributed by atoms with E-state index in [2.05, 4.69) is 37.3 Å². The predicted octanol–water partition coefficient (Wildman–Crippen LogP) is 5.68. The maximum Gasteiger partial charge on any atom is 0.315 e. The van der Waals surface area contributed by atoms with Gasteiger partial charge in [0.1, 0.15) is 0 Å². The van der Waals surface area contributed by atoms with Crippen molar-refractivity contribution in [3.05, 3.63) is 35.9 Å². The second kappa shape index (κ2) is 14.0. The highest BCUT2D eigenvalue weighted by atomic mass is 16.5. The van der Waals surface area contributed by atoms with Crippen LogP contribution >= 0.6 is 0 Å². The van der Waals surface area contributed by atoms with E-state index in [1.54, 1.807) is 0 Å². The fourth-order valence-corrected chi connectivity index (χ4v) is 6.62. The van der Waals surface area contributed by atoms with Crippen molar-refractivity contribution in [3.63, 3.8) is 0 Å². The van der Waals surface area contributed by atoms with Crippen molar-refractivity contribution in [2.24, 2.45) is 29.2 Å². The van der Waals surface area contributed by atoms with Crippen LogP contribution in [0, 0.1) is 17.8 Å². The molecule has 1 saturated carbocycles. The number of carbonyl (C=O) groups excluding carboxylic acids is 1. The molecular weight excluding hydrogens is 410 g/mol. The van der Waals surface area contributed by atoms with E-state index in [0.717, 1.165) is 64.2 Å². The number of benzene rings is 1. The van der Waals surface area contributed by atoms with Crippen molar-refractivity contribution in [3.8, 4) is 0 Å². The number of hydrogen-bond acceptors (Lipinski definition) is 3. The van der Waals surface area contributed by atoms with Crippen molar-refractivity contribution in [1.29, 1.82) is 0 Å². The lowest BCUT2D eigenvalue weighted by atomic mass is 9.68. The summed E-state index contributed by atoms with van der Waals surface area (Å²) >= 11 is 0. The summed E-state index contributed by atoms with van der Waals surface area (Å²) < 4.78 is 5.59. The van der Waals surface area contributed by atoms with Gasteiger partial charge in [-0.3, -0.25) is 0 Å². The summed E-state index contributed by atoms with van der Waals surface area (Å²) in [4.78, 5) is 14.6. The van der Waals surface area contributed by atoms with Gasteiger partial charge in [-0.2, -0.15) is 0 Å². The summed E-state index contributed by atoms with van der Waals surface area (Å²) in [7, 11) is 0. The van der Waals surface area contributed by atoms with Crippen LogP contribution < -0.4 is 11.5 Å². The molecule has 4 N–H and O–H groups in total. The summed E-state index contributed by atoms with van der Waals surface area (Å²) in [5.74, 6) is 1.88. The van der Waals surface area contributed by atoms with Gasteiger partial charge in [0.15, 0.2) is 0 Å². The Hall–Kier alpha value is -1.59. The molecule has 0 aromatic heterocycles. The monoisotopic (exact) mass is 457 g/mol. The average Bonchev–Trinajstić information content (AvgIpc) is 2.85. The molecule has 1 aliphatic heterocycles. The second-order valence-corrected chi connectivity index (χ2v) is 10.3. The minimum atomic E-state index is -0.269. The Balaban J connectivity index is 1.84. The number of rotatable bonds is 12. The molecular formula is C28H47N3O2. The molecule has 5 nitrogen and oxygen atoms in total. The lowest BCUT2D eigenvalue weighted by Crippen LogP contribution is -2.56. The second-order valence-electron chi connectivity index (χ2n) is 10.3. The summed E-state index contributed by atoms with van der Waals surface area (Å²) in [5, 5.41) is 0. The van der Waals surface area contributed by atoms with Crippen LogP contribution in [-0.2, 0) is 4.74 Å².